The molecular formula is C10H17N5O2S. The van der Waals surface area contributed by atoms with Crippen LogP contribution in [0.5, 0.6) is 0 Å². The molecule has 1 fully saturated rings. The molecule has 2 heterocycles. The molecule has 1 saturated heterocycles. The molecule has 0 aliphatic carbocycles. The minimum Gasteiger partial charge on any atom is -0.376 e. The van der Waals surface area contributed by atoms with Crippen LogP contribution >= 0.6 is 11.8 Å². The molecule has 0 saturated carbocycles. The molecule has 8 heteroatoms. The first kappa shape index (κ1) is 13.2. The van der Waals surface area contributed by atoms with Gasteiger partial charge in [-0.25, -0.2) is 4.68 Å². The third-order valence-corrected chi connectivity index (χ3v) is 3.66. The van der Waals surface area contributed by atoms with Crippen LogP contribution in [-0.2, 0) is 9.53 Å². The van der Waals surface area contributed by atoms with Gasteiger partial charge in [0.2, 0.25) is 11.1 Å². The average molecular weight is 271 g/mol. The number of carbonyl (C=O) groups excluding carboxylic acids is 1. The van der Waals surface area contributed by atoms with Gasteiger partial charge in [0, 0.05) is 13.2 Å². The lowest BCUT2D eigenvalue weighted by Gasteiger charge is -2.10. The second-order valence-corrected chi connectivity index (χ2v) is 5.07. The van der Waals surface area contributed by atoms with Gasteiger partial charge in [-0.3, -0.25) is 4.79 Å². The number of aryl methyl sites for hydroxylation is 1. The maximum absolute atomic E-state index is 11.6. The summed E-state index contributed by atoms with van der Waals surface area (Å²) >= 11 is 1.27. The zero-order valence-electron chi connectivity index (χ0n) is 10.3. The van der Waals surface area contributed by atoms with Gasteiger partial charge < -0.3 is 15.9 Å². The first-order valence-corrected chi connectivity index (χ1v) is 6.83. The van der Waals surface area contributed by atoms with Gasteiger partial charge in [0.05, 0.1) is 11.9 Å². The van der Waals surface area contributed by atoms with Crippen molar-refractivity contribution in [2.75, 3.05) is 24.7 Å². The van der Waals surface area contributed by atoms with E-state index in [-0.39, 0.29) is 17.8 Å². The zero-order chi connectivity index (χ0) is 13.0. The van der Waals surface area contributed by atoms with Crippen LogP contribution in [0.1, 0.15) is 18.7 Å². The van der Waals surface area contributed by atoms with Crippen LogP contribution in [0.15, 0.2) is 5.16 Å². The van der Waals surface area contributed by atoms with Crippen molar-refractivity contribution in [1.29, 1.82) is 0 Å². The number of carbonyl (C=O) groups is 1. The van der Waals surface area contributed by atoms with Gasteiger partial charge in [-0.05, 0) is 19.8 Å². The van der Waals surface area contributed by atoms with Gasteiger partial charge in [-0.15, -0.1) is 10.2 Å². The third-order valence-electron chi connectivity index (χ3n) is 2.72. The number of nitrogens with two attached hydrogens (primary N) is 1. The van der Waals surface area contributed by atoms with Crippen molar-refractivity contribution in [3.8, 4) is 0 Å². The van der Waals surface area contributed by atoms with E-state index in [1.54, 1.807) is 6.92 Å². The van der Waals surface area contributed by atoms with Crippen LogP contribution in [0, 0.1) is 6.92 Å². The molecule has 2 rings (SSSR count). The molecule has 0 unspecified atom stereocenters. The lowest BCUT2D eigenvalue weighted by atomic mass is 10.2. The SMILES string of the molecule is Cc1nnc(SCC(=O)NC[C@@H]2CCCO2)n1N. The third kappa shape index (κ3) is 3.36. The number of rotatable bonds is 5. The lowest BCUT2D eigenvalue weighted by Crippen LogP contribution is -2.33. The highest BCUT2D eigenvalue weighted by Gasteiger charge is 2.16. The number of nitrogen functional groups attached to an aromatic ring is 1. The van der Waals surface area contributed by atoms with Crippen molar-refractivity contribution in [2.45, 2.75) is 31.0 Å². The number of ether oxygens (including phenoxy) is 1. The van der Waals surface area contributed by atoms with Gasteiger partial charge >= 0.3 is 0 Å². The quantitative estimate of drug-likeness (QED) is 0.563. The molecule has 0 bridgehead atoms. The van der Waals surface area contributed by atoms with Crippen molar-refractivity contribution in [3.05, 3.63) is 5.82 Å². The van der Waals surface area contributed by atoms with E-state index in [1.807, 2.05) is 0 Å². The van der Waals surface area contributed by atoms with Crippen LogP contribution < -0.4 is 11.2 Å². The van der Waals surface area contributed by atoms with E-state index in [0.29, 0.717) is 17.5 Å². The Morgan fingerprint density at radius 1 is 1.67 bits per heavy atom. The summed E-state index contributed by atoms with van der Waals surface area (Å²) in [6.45, 7) is 3.13. The fourth-order valence-corrected chi connectivity index (χ4v) is 2.39. The number of aromatic nitrogens is 3. The molecule has 7 nitrogen and oxygen atoms in total. The topological polar surface area (TPSA) is 95.1 Å². The molecule has 1 atom stereocenters. The Morgan fingerprint density at radius 2 is 2.50 bits per heavy atom. The fourth-order valence-electron chi connectivity index (χ4n) is 1.66. The number of amides is 1. The molecule has 1 aromatic rings. The molecule has 0 aromatic carbocycles. The summed E-state index contributed by atoms with van der Waals surface area (Å²) in [7, 11) is 0. The van der Waals surface area contributed by atoms with Crippen molar-refractivity contribution >= 4 is 17.7 Å². The molecular weight excluding hydrogens is 254 g/mol. The Balaban J connectivity index is 1.69. The predicted octanol–water partition coefficient (Wildman–Crippen LogP) is -0.312. The monoisotopic (exact) mass is 271 g/mol. The molecule has 1 aromatic heterocycles. The van der Waals surface area contributed by atoms with Crippen LogP contribution in [0.4, 0.5) is 0 Å². The van der Waals surface area contributed by atoms with Crippen molar-refractivity contribution in [3.63, 3.8) is 0 Å². The van der Waals surface area contributed by atoms with Crippen LogP contribution in [0.25, 0.3) is 0 Å². The lowest BCUT2D eigenvalue weighted by molar-refractivity contribution is -0.119. The van der Waals surface area contributed by atoms with E-state index >= 15 is 0 Å². The number of thioether (sulfide) groups is 1. The van der Waals surface area contributed by atoms with Crippen LogP contribution in [0.2, 0.25) is 0 Å². The molecule has 3 N–H and O–H groups in total. The van der Waals surface area contributed by atoms with Crippen molar-refractivity contribution < 1.29 is 9.53 Å². The first-order chi connectivity index (χ1) is 8.66. The highest BCUT2D eigenvalue weighted by Crippen LogP contribution is 2.14. The van der Waals surface area contributed by atoms with E-state index in [4.69, 9.17) is 10.6 Å². The van der Waals surface area contributed by atoms with E-state index in [9.17, 15) is 4.79 Å². The summed E-state index contributed by atoms with van der Waals surface area (Å²) in [5.41, 5.74) is 0. The molecule has 1 aliphatic rings. The Labute approximate surface area is 109 Å². The summed E-state index contributed by atoms with van der Waals surface area (Å²) in [5, 5.41) is 11.1. The van der Waals surface area contributed by atoms with Gasteiger partial charge in [0.25, 0.3) is 0 Å². The van der Waals surface area contributed by atoms with Gasteiger partial charge in [0.15, 0.2) is 0 Å². The second-order valence-electron chi connectivity index (χ2n) is 4.13. The molecule has 0 spiro atoms. The Bertz CT molecular complexity index is 416. The number of nitrogens with zero attached hydrogens (tertiary/aromatic N) is 3. The Morgan fingerprint density at radius 3 is 3.11 bits per heavy atom. The van der Waals surface area contributed by atoms with Gasteiger partial charge in [-0.1, -0.05) is 11.8 Å². The standard InChI is InChI=1S/C10H17N5O2S/c1-7-13-14-10(15(7)11)18-6-9(16)12-5-8-3-2-4-17-8/h8H,2-6,11H2,1H3,(H,12,16)/t8-/m0/s1. The van der Waals surface area contributed by atoms with E-state index in [2.05, 4.69) is 15.5 Å². The maximum atomic E-state index is 11.6. The molecule has 0 radical (unpaired) electrons. The summed E-state index contributed by atoms with van der Waals surface area (Å²) in [4.78, 5) is 11.6. The van der Waals surface area contributed by atoms with Gasteiger partial charge in [0.1, 0.15) is 5.82 Å². The molecule has 100 valence electrons. The van der Waals surface area contributed by atoms with E-state index in [1.165, 1.54) is 16.4 Å². The smallest absolute Gasteiger partial charge is 0.230 e. The predicted molar refractivity (Wildman–Crippen MR) is 67.6 cm³/mol. The van der Waals surface area contributed by atoms with E-state index < -0.39 is 0 Å². The zero-order valence-corrected chi connectivity index (χ0v) is 11.1. The molecule has 18 heavy (non-hydrogen) atoms. The number of nitrogens with one attached hydrogen (secondary N) is 1. The normalized spacial score (nSPS) is 19.1. The summed E-state index contributed by atoms with van der Waals surface area (Å²) in [5.74, 6) is 6.54. The largest absolute Gasteiger partial charge is 0.376 e. The molecule has 1 amide bonds. The van der Waals surface area contributed by atoms with Crippen LogP contribution in [0.3, 0.4) is 0 Å². The summed E-state index contributed by atoms with van der Waals surface area (Å²) in [6, 6.07) is 0. The Hall–Kier alpha value is -1.28. The minimum absolute atomic E-state index is 0.0452. The summed E-state index contributed by atoms with van der Waals surface area (Å²) < 4.78 is 6.79. The average Bonchev–Trinajstić information content (AvgIpc) is 2.97. The van der Waals surface area contributed by atoms with Crippen molar-refractivity contribution in [1.82, 2.24) is 20.2 Å². The van der Waals surface area contributed by atoms with Gasteiger partial charge in [-0.2, -0.15) is 0 Å². The second kappa shape index (κ2) is 6.05. The fraction of sp³-hybridized carbons (Fsp3) is 0.700. The maximum Gasteiger partial charge on any atom is 0.230 e. The van der Waals surface area contributed by atoms with E-state index in [0.717, 1.165) is 19.4 Å². The Kier molecular flexibility index (Phi) is 4.43. The van der Waals surface area contributed by atoms with Crippen molar-refractivity contribution in [2.24, 2.45) is 0 Å². The minimum atomic E-state index is -0.0452. The van der Waals surface area contributed by atoms with Crippen LogP contribution in [-0.4, -0.2) is 45.8 Å². The first-order valence-electron chi connectivity index (χ1n) is 5.85. The number of hydrogen-bond donors (Lipinski definition) is 2. The molecule has 1 aliphatic heterocycles. The summed E-state index contributed by atoms with van der Waals surface area (Å²) in [6.07, 6.45) is 2.26. The number of hydrogen-bond acceptors (Lipinski definition) is 6. The highest BCUT2D eigenvalue weighted by molar-refractivity contribution is 7.99. The highest BCUT2D eigenvalue weighted by atomic mass is 32.2.